The highest BCUT2D eigenvalue weighted by atomic mass is 32.2. The second-order valence-corrected chi connectivity index (χ2v) is 5.93. The van der Waals surface area contributed by atoms with Crippen LogP contribution in [0.4, 0.5) is 0 Å². The number of thioether (sulfide) groups is 1. The van der Waals surface area contributed by atoms with Gasteiger partial charge in [0.1, 0.15) is 11.5 Å². The molecule has 1 aromatic carbocycles. The fraction of sp³-hybridized carbons (Fsp3) is 0.312. The van der Waals surface area contributed by atoms with Crippen LogP contribution in [0.25, 0.3) is 0 Å². The van der Waals surface area contributed by atoms with Gasteiger partial charge in [-0.2, -0.15) is 0 Å². The van der Waals surface area contributed by atoms with Gasteiger partial charge in [-0.05, 0) is 25.5 Å². The first-order chi connectivity index (χ1) is 9.61. The molecule has 2 aromatic rings. The first-order valence-electron chi connectivity index (χ1n) is 6.67. The lowest BCUT2D eigenvalue weighted by molar-refractivity contribution is 0.420. The summed E-state index contributed by atoms with van der Waals surface area (Å²) in [7, 11) is 0. The van der Waals surface area contributed by atoms with Crippen LogP contribution in [0.15, 0.2) is 50.5 Å². The van der Waals surface area contributed by atoms with Gasteiger partial charge in [-0.1, -0.05) is 31.5 Å². The van der Waals surface area contributed by atoms with Gasteiger partial charge < -0.3 is 9.52 Å². The van der Waals surface area contributed by atoms with Crippen molar-refractivity contribution in [3.63, 3.8) is 0 Å². The van der Waals surface area contributed by atoms with Crippen molar-refractivity contribution < 1.29 is 9.52 Å². The highest BCUT2D eigenvalue weighted by Gasteiger charge is 2.21. The van der Waals surface area contributed by atoms with E-state index in [2.05, 4.69) is 6.92 Å². The Balaban J connectivity index is 2.36. The Morgan fingerprint density at radius 3 is 2.60 bits per heavy atom. The largest absolute Gasteiger partial charge is 0.507 e. The normalized spacial score (nSPS) is 12.3. The Morgan fingerprint density at radius 2 is 2.00 bits per heavy atom. The summed E-state index contributed by atoms with van der Waals surface area (Å²) in [6, 6.07) is 11.4. The maximum atomic E-state index is 12.0. The van der Waals surface area contributed by atoms with Crippen LogP contribution in [0.3, 0.4) is 0 Å². The Labute approximate surface area is 122 Å². The van der Waals surface area contributed by atoms with Crippen molar-refractivity contribution in [3.8, 4) is 5.75 Å². The summed E-state index contributed by atoms with van der Waals surface area (Å²) in [6.45, 7) is 3.72. The van der Waals surface area contributed by atoms with E-state index in [0.717, 1.165) is 17.7 Å². The fourth-order valence-electron chi connectivity index (χ4n) is 2.09. The average Bonchev–Trinajstić information content (AvgIpc) is 2.39. The van der Waals surface area contributed by atoms with E-state index in [1.54, 1.807) is 18.7 Å². The molecule has 0 saturated heterocycles. The minimum absolute atomic E-state index is 0.0284. The van der Waals surface area contributed by atoms with Crippen molar-refractivity contribution in [2.75, 3.05) is 0 Å². The topological polar surface area (TPSA) is 50.4 Å². The first-order valence-corrected chi connectivity index (χ1v) is 7.55. The Morgan fingerprint density at radius 1 is 1.30 bits per heavy atom. The van der Waals surface area contributed by atoms with Gasteiger partial charge in [0.05, 0.1) is 5.56 Å². The second kappa shape index (κ2) is 6.66. The van der Waals surface area contributed by atoms with E-state index in [1.165, 1.54) is 6.07 Å². The van der Waals surface area contributed by atoms with Crippen molar-refractivity contribution >= 4 is 11.8 Å². The van der Waals surface area contributed by atoms with E-state index < -0.39 is 5.63 Å². The van der Waals surface area contributed by atoms with Gasteiger partial charge in [0.25, 0.3) is 0 Å². The third kappa shape index (κ3) is 3.45. The zero-order chi connectivity index (χ0) is 14.5. The van der Waals surface area contributed by atoms with Gasteiger partial charge in [0, 0.05) is 16.2 Å². The summed E-state index contributed by atoms with van der Waals surface area (Å²) in [4.78, 5) is 13.1. The Bertz CT molecular complexity index is 619. The third-order valence-electron chi connectivity index (χ3n) is 2.98. The number of benzene rings is 1. The van der Waals surface area contributed by atoms with Crippen LogP contribution in [0, 0.1) is 6.92 Å². The van der Waals surface area contributed by atoms with Crippen molar-refractivity contribution in [2.45, 2.75) is 36.8 Å². The average molecular weight is 290 g/mol. The zero-order valence-electron chi connectivity index (χ0n) is 11.6. The molecule has 0 amide bonds. The Hall–Kier alpha value is -1.68. The lowest BCUT2D eigenvalue weighted by atomic mass is 10.1. The number of aryl methyl sites for hydroxylation is 1. The molecule has 1 heterocycles. The highest BCUT2D eigenvalue weighted by molar-refractivity contribution is 7.99. The summed E-state index contributed by atoms with van der Waals surface area (Å²) in [5.41, 5.74) is -0.0734. The molecule has 1 N–H and O–H groups in total. The van der Waals surface area contributed by atoms with Gasteiger partial charge >= 0.3 is 5.63 Å². The quantitative estimate of drug-likeness (QED) is 0.835. The summed E-state index contributed by atoms with van der Waals surface area (Å²) in [5.74, 6) is 0.455. The molecular formula is C16H18O3S. The van der Waals surface area contributed by atoms with E-state index in [-0.39, 0.29) is 11.0 Å². The molecular weight excluding hydrogens is 272 g/mol. The standard InChI is InChI=1S/C16H18O3S/c1-3-7-14(20-12-8-5-4-6-9-12)15-13(17)10-11(2)19-16(15)18/h4-6,8-10,14,17H,3,7H2,1-2H3. The molecule has 0 spiro atoms. The smallest absolute Gasteiger partial charge is 0.344 e. The molecule has 106 valence electrons. The van der Waals surface area contributed by atoms with Crippen LogP contribution in [0.2, 0.25) is 0 Å². The molecule has 0 bridgehead atoms. The Kier molecular flexibility index (Phi) is 4.90. The lowest BCUT2D eigenvalue weighted by Crippen LogP contribution is -2.11. The SMILES string of the molecule is CCCC(Sc1ccccc1)c1c(O)cc(C)oc1=O. The number of rotatable bonds is 5. The van der Waals surface area contributed by atoms with Crippen molar-refractivity contribution in [1.82, 2.24) is 0 Å². The summed E-state index contributed by atoms with van der Waals surface area (Å²) < 4.78 is 5.13. The fourth-order valence-corrected chi connectivity index (χ4v) is 3.42. The maximum absolute atomic E-state index is 12.0. The van der Waals surface area contributed by atoms with Gasteiger partial charge in [-0.15, -0.1) is 11.8 Å². The molecule has 0 aliphatic heterocycles. The minimum Gasteiger partial charge on any atom is -0.507 e. The third-order valence-corrected chi connectivity index (χ3v) is 4.28. The molecule has 0 saturated carbocycles. The summed E-state index contributed by atoms with van der Waals surface area (Å²) in [5, 5.41) is 9.98. The first kappa shape index (κ1) is 14.7. The van der Waals surface area contributed by atoms with Gasteiger partial charge in [0.2, 0.25) is 0 Å². The van der Waals surface area contributed by atoms with Crippen LogP contribution in [-0.2, 0) is 0 Å². The molecule has 1 aromatic heterocycles. The predicted octanol–water partition coefficient (Wildman–Crippen LogP) is 4.29. The van der Waals surface area contributed by atoms with Crippen LogP contribution in [0.5, 0.6) is 5.75 Å². The van der Waals surface area contributed by atoms with E-state index in [4.69, 9.17) is 4.42 Å². The maximum Gasteiger partial charge on any atom is 0.344 e. The molecule has 3 nitrogen and oxygen atoms in total. The van der Waals surface area contributed by atoms with E-state index in [1.807, 2.05) is 30.3 Å². The number of hydrogen-bond donors (Lipinski definition) is 1. The molecule has 0 aliphatic rings. The van der Waals surface area contributed by atoms with Gasteiger partial charge in [-0.3, -0.25) is 0 Å². The van der Waals surface area contributed by atoms with E-state index in [0.29, 0.717) is 11.3 Å². The van der Waals surface area contributed by atoms with E-state index >= 15 is 0 Å². The summed E-state index contributed by atoms with van der Waals surface area (Å²) >= 11 is 1.58. The lowest BCUT2D eigenvalue weighted by Gasteiger charge is -2.16. The molecule has 0 aliphatic carbocycles. The minimum atomic E-state index is -0.440. The second-order valence-electron chi connectivity index (χ2n) is 4.65. The van der Waals surface area contributed by atoms with Crippen LogP contribution < -0.4 is 5.63 Å². The number of hydrogen-bond acceptors (Lipinski definition) is 4. The monoisotopic (exact) mass is 290 g/mol. The van der Waals surface area contributed by atoms with Crippen molar-refractivity contribution in [2.24, 2.45) is 0 Å². The van der Waals surface area contributed by atoms with Crippen LogP contribution in [-0.4, -0.2) is 5.11 Å². The predicted molar refractivity (Wildman–Crippen MR) is 81.3 cm³/mol. The van der Waals surface area contributed by atoms with Gasteiger partial charge in [0.15, 0.2) is 0 Å². The molecule has 0 radical (unpaired) electrons. The van der Waals surface area contributed by atoms with Gasteiger partial charge in [-0.25, -0.2) is 4.79 Å². The zero-order valence-corrected chi connectivity index (χ0v) is 12.4. The molecule has 1 unspecified atom stereocenters. The number of aromatic hydroxyl groups is 1. The van der Waals surface area contributed by atoms with Crippen LogP contribution >= 0.6 is 11.8 Å². The summed E-state index contributed by atoms with van der Waals surface area (Å²) in [6.07, 6.45) is 1.73. The molecule has 20 heavy (non-hydrogen) atoms. The highest BCUT2D eigenvalue weighted by Crippen LogP contribution is 2.40. The van der Waals surface area contributed by atoms with E-state index in [9.17, 15) is 9.90 Å². The molecule has 2 rings (SSSR count). The molecule has 1 atom stereocenters. The van der Waals surface area contributed by atoms with Crippen molar-refractivity contribution in [3.05, 3.63) is 58.1 Å². The van der Waals surface area contributed by atoms with Crippen LogP contribution in [0.1, 0.15) is 36.3 Å². The molecule has 0 fully saturated rings. The van der Waals surface area contributed by atoms with Crippen molar-refractivity contribution in [1.29, 1.82) is 0 Å². The molecule has 4 heteroatoms.